The molecule has 1 heterocycles. The standard InChI is InChI=1S/C33H32N2O5/c1-33(2,3)40-23-10-8-9-22(18-23)29-16-15-21(19-34-29)17-30(31(36)37)35-32(38)39-20-28-26-13-6-4-11-24(26)25-12-5-7-14-27(25)28/h4-16,18-19,28,30H,17,20H2,1-3H3,(H,35,38)(H,36,37)/t30-/m0/s1. The van der Waals surface area contributed by atoms with Crippen LogP contribution in [0.1, 0.15) is 43.4 Å². The van der Waals surface area contributed by atoms with Crippen LogP contribution >= 0.6 is 0 Å². The first-order valence-electron chi connectivity index (χ1n) is 13.3. The summed E-state index contributed by atoms with van der Waals surface area (Å²) < 4.78 is 11.5. The Morgan fingerprint density at radius 1 is 0.925 bits per heavy atom. The van der Waals surface area contributed by atoms with Crippen molar-refractivity contribution in [2.45, 2.75) is 44.8 Å². The van der Waals surface area contributed by atoms with E-state index in [0.717, 1.165) is 39.3 Å². The molecule has 7 nitrogen and oxygen atoms in total. The van der Waals surface area contributed by atoms with E-state index in [4.69, 9.17) is 9.47 Å². The molecule has 0 unspecified atom stereocenters. The number of benzene rings is 3. The summed E-state index contributed by atoms with van der Waals surface area (Å²) in [6.07, 6.45) is 0.927. The van der Waals surface area contributed by atoms with E-state index < -0.39 is 18.1 Å². The van der Waals surface area contributed by atoms with E-state index in [-0.39, 0.29) is 24.5 Å². The molecule has 1 aliphatic carbocycles. The molecule has 1 aliphatic rings. The van der Waals surface area contributed by atoms with Gasteiger partial charge < -0.3 is 19.9 Å². The molecule has 0 spiro atoms. The first-order valence-corrected chi connectivity index (χ1v) is 13.3. The topological polar surface area (TPSA) is 97.8 Å². The predicted octanol–water partition coefficient (Wildman–Crippen LogP) is 6.46. The summed E-state index contributed by atoms with van der Waals surface area (Å²) in [5.41, 5.74) is 6.42. The summed E-state index contributed by atoms with van der Waals surface area (Å²) in [5.74, 6) is -0.510. The number of hydrogen-bond acceptors (Lipinski definition) is 5. The Balaban J connectivity index is 1.21. The predicted molar refractivity (Wildman–Crippen MR) is 153 cm³/mol. The van der Waals surface area contributed by atoms with Gasteiger partial charge in [0.15, 0.2) is 0 Å². The number of fused-ring (bicyclic) bond motifs is 3. The number of alkyl carbamates (subject to hydrolysis) is 1. The van der Waals surface area contributed by atoms with E-state index in [1.54, 1.807) is 6.20 Å². The van der Waals surface area contributed by atoms with E-state index >= 15 is 0 Å². The average molecular weight is 537 g/mol. The number of carboxylic acid groups (broad SMARTS) is 1. The van der Waals surface area contributed by atoms with Gasteiger partial charge in [-0.2, -0.15) is 0 Å². The number of hydrogen-bond donors (Lipinski definition) is 2. The zero-order valence-electron chi connectivity index (χ0n) is 22.8. The third-order valence-electron chi connectivity index (χ3n) is 6.75. The van der Waals surface area contributed by atoms with Gasteiger partial charge in [-0.25, -0.2) is 9.59 Å². The van der Waals surface area contributed by atoms with E-state index in [1.807, 2.05) is 93.6 Å². The number of amides is 1. The zero-order valence-corrected chi connectivity index (χ0v) is 22.8. The molecule has 0 saturated carbocycles. The number of nitrogens with zero attached hydrogens (tertiary/aromatic N) is 1. The van der Waals surface area contributed by atoms with E-state index in [9.17, 15) is 14.7 Å². The molecule has 0 fully saturated rings. The summed E-state index contributed by atoms with van der Waals surface area (Å²) in [6, 6.07) is 26.3. The second kappa shape index (κ2) is 11.2. The van der Waals surface area contributed by atoms with Crippen molar-refractivity contribution < 1.29 is 24.2 Å². The number of rotatable bonds is 8. The van der Waals surface area contributed by atoms with Crippen LogP contribution in [0.5, 0.6) is 5.75 Å². The van der Waals surface area contributed by atoms with Gasteiger partial charge >= 0.3 is 12.1 Å². The fraction of sp³-hybridized carbons (Fsp3) is 0.242. The number of carbonyl (C=O) groups is 2. The summed E-state index contributed by atoms with van der Waals surface area (Å²) in [6.45, 7) is 6.08. The molecule has 1 amide bonds. The molecule has 1 aromatic heterocycles. The average Bonchev–Trinajstić information content (AvgIpc) is 3.25. The molecular weight excluding hydrogens is 504 g/mol. The van der Waals surface area contributed by atoms with Crippen LogP contribution in [-0.4, -0.2) is 40.4 Å². The maximum atomic E-state index is 12.7. The maximum absolute atomic E-state index is 12.7. The summed E-state index contributed by atoms with van der Waals surface area (Å²) >= 11 is 0. The molecule has 1 atom stereocenters. The fourth-order valence-electron chi connectivity index (χ4n) is 5.01. The van der Waals surface area contributed by atoms with Gasteiger partial charge in [0, 0.05) is 24.1 Å². The Hall–Kier alpha value is -4.65. The van der Waals surface area contributed by atoms with Crippen LogP contribution in [-0.2, 0) is 16.0 Å². The lowest BCUT2D eigenvalue weighted by molar-refractivity contribution is -0.139. The fourth-order valence-corrected chi connectivity index (χ4v) is 5.01. The Morgan fingerprint density at radius 2 is 1.60 bits per heavy atom. The molecule has 0 saturated heterocycles. The summed E-state index contributed by atoms with van der Waals surface area (Å²) in [5, 5.41) is 12.3. The van der Waals surface area contributed by atoms with Crippen molar-refractivity contribution in [2.24, 2.45) is 0 Å². The number of nitrogens with one attached hydrogen (secondary N) is 1. The zero-order chi connectivity index (χ0) is 28.3. The van der Waals surface area contributed by atoms with E-state index in [2.05, 4.69) is 22.4 Å². The third kappa shape index (κ3) is 6.15. The maximum Gasteiger partial charge on any atom is 0.407 e. The van der Waals surface area contributed by atoms with Crippen LogP contribution in [0.3, 0.4) is 0 Å². The van der Waals surface area contributed by atoms with Crippen molar-refractivity contribution in [2.75, 3.05) is 6.61 Å². The lowest BCUT2D eigenvalue weighted by Gasteiger charge is -2.21. The van der Waals surface area contributed by atoms with Gasteiger partial charge in [-0.15, -0.1) is 0 Å². The lowest BCUT2D eigenvalue weighted by atomic mass is 9.98. The van der Waals surface area contributed by atoms with Gasteiger partial charge in [0.25, 0.3) is 0 Å². The van der Waals surface area contributed by atoms with Crippen LogP contribution in [0.4, 0.5) is 4.79 Å². The molecule has 0 radical (unpaired) electrons. The van der Waals surface area contributed by atoms with Gasteiger partial charge in [-0.3, -0.25) is 4.98 Å². The lowest BCUT2D eigenvalue weighted by Crippen LogP contribution is -2.42. The van der Waals surface area contributed by atoms with Crippen LogP contribution in [0.15, 0.2) is 91.1 Å². The molecule has 3 aromatic carbocycles. The van der Waals surface area contributed by atoms with Crippen molar-refractivity contribution >= 4 is 12.1 Å². The minimum atomic E-state index is -1.16. The van der Waals surface area contributed by atoms with Gasteiger partial charge in [0.05, 0.1) is 5.69 Å². The SMILES string of the molecule is CC(C)(C)Oc1cccc(-c2ccc(C[C@H](NC(=O)OCC3c4ccccc4-c4ccccc43)C(=O)O)cn2)c1. The quantitative estimate of drug-likeness (QED) is 0.268. The molecular formula is C33H32N2O5. The highest BCUT2D eigenvalue weighted by atomic mass is 16.5. The van der Waals surface area contributed by atoms with Gasteiger partial charge in [-0.05, 0) is 66.8 Å². The van der Waals surface area contributed by atoms with Crippen LogP contribution < -0.4 is 10.1 Å². The molecule has 0 bridgehead atoms. The highest BCUT2D eigenvalue weighted by molar-refractivity contribution is 5.81. The van der Waals surface area contributed by atoms with Crippen molar-refractivity contribution in [1.29, 1.82) is 0 Å². The number of carbonyl (C=O) groups excluding carboxylic acids is 1. The first-order chi connectivity index (χ1) is 19.2. The highest BCUT2D eigenvalue weighted by Gasteiger charge is 2.30. The summed E-state index contributed by atoms with van der Waals surface area (Å²) in [7, 11) is 0. The number of pyridine rings is 1. The van der Waals surface area contributed by atoms with Gasteiger partial charge in [0.2, 0.25) is 0 Å². The second-order valence-corrected chi connectivity index (χ2v) is 10.9. The van der Waals surface area contributed by atoms with Crippen molar-refractivity contribution in [3.8, 4) is 28.1 Å². The number of aromatic nitrogens is 1. The molecule has 5 rings (SSSR count). The van der Waals surface area contributed by atoms with Crippen molar-refractivity contribution in [3.05, 3.63) is 108 Å². The highest BCUT2D eigenvalue weighted by Crippen LogP contribution is 2.44. The van der Waals surface area contributed by atoms with Crippen molar-refractivity contribution in [1.82, 2.24) is 10.3 Å². The van der Waals surface area contributed by atoms with Crippen LogP contribution in [0.25, 0.3) is 22.4 Å². The van der Waals surface area contributed by atoms with E-state index in [1.165, 1.54) is 0 Å². The minimum Gasteiger partial charge on any atom is -0.488 e. The Kier molecular flexibility index (Phi) is 7.56. The van der Waals surface area contributed by atoms with Crippen molar-refractivity contribution in [3.63, 3.8) is 0 Å². The third-order valence-corrected chi connectivity index (χ3v) is 6.75. The molecule has 40 heavy (non-hydrogen) atoms. The van der Waals surface area contributed by atoms with Crippen LogP contribution in [0, 0.1) is 0 Å². The molecule has 0 aliphatic heterocycles. The van der Waals surface area contributed by atoms with E-state index in [0.29, 0.717) is 5.56 Å². The first kappa shape index (κ1) is 26.9. The molecule has 4 aromatic rings. The molecule has 7 heteroatoms. The Labute approximate surface area is 233 Å². The van der Waals surface area contributed by atoms with Gasteiger partial charge in [-0.1, -0.05) is 66.7 Å². The Morgan fingerprint density at radius 3 is 2.20 bits per heavy atom. The minimum absolute atomic E-state index is 0.0694. The number of ether oxygens (including phenoxy) is 2. The van der Waals surface area contributed by atoms with Crippen LogP contribution in [0.2, 0.25) is 0 Å². The smallest absolute Gasteiger partial charge is 0.407 e. The molecule has 204 valence electrons. The largest absolute Gasteiger partial charge is 0.488 e. The number of carboxylic acids is 1. The Bertz CT molecular complexity index is 1480. The normalized spacial score (nSPS) is 13.2. The van der Waals surface area contributed by atoms with Gasteiger partial charge in [0.1, 0.15) is 24.0 Å². The monoisotopic (exact) mass is 536 g/mol. The summed E-state index contributed by atoms with van der Waals surface area (Å²) in [4.78, 5) is 29.2. The second-order valence-electron chi connectivity index (χ2n) is 10.9. The number of aliphatic carboxylic acids is 1. The molecule has 2 N–H and O–H groups in total.